The van der Waals surface area contributed by atoms with Crippen molar-refractivity contribution in [3.05, 3.63) is 54.2 Å². The van der Waals surface area contributed by atoms with Gasteiger partial charge in [-0.15, -0.1) is 5.10 Å². The molecule has 3 rings (SSSR count). The van der Waals surface area contributed by atoms with Crippen LogP contribution in [0.25, 0.3) is 11.6 Å². The first-order chi connectivity index (χ1) is 11.9. The summed E-state index contributed by atoms with van der Waals surface area (Å²) < 4.78 is 28.2. The van der Waals surface area contributed by atoms with Crippen LogP contribution in [0, 0.1) is 0 Å². The Kier molecular flexibility index (Phi) is 4.57. The zero-order valence-corrected chi connectivity index (χ0v) is 14.0. The summed E-state index contributed by atoms with van der Waals surface area (Å²) in [6.45, 7) is 0. The van der Waals surface area contributed by atoms with E-state index >= 15 is 0 Å². The highest BCUT2D eigenvalue weighted by Crippen LogP contribution is 2.17. The minimum atomic E-state index is -3.26. The van der Waals surface area contributed by atoms with Crippen LogP contribution in [0.3, 0.4) is 0 Å². The number of anilines is 1. The van der Waals surface area contributed by atoms with Crippen LogP contribution in [0.1, 0.15) is 5.56 Å². The van der Waals surface area contributed by atoms with Crippen LogP contribution in [-0.2, 0) is 21.1 Å². The lowest BCUT2D eigenvalue weighted by molar-refractivity contribution is -0.115. The van der Waals surface area contributed by atoms with E-state index in [4.69, 9.17) is 4.42 Å². The average molecular weight is 358 g/mol. The molecule has 2 aromatic heterocycles. The van der Waals surface area contributed by atoms with Crippen molar-refractivity contribution < 1.29 is 17.6 Å². The molecule has 2 heterocycles. The van der Waals surface area contributed by atoms with E-state index in [-0.39, 0.29) is 29.1 Å². The molecule has 0 spiro atoms. The Morgan fingerprint density at radius 3 is 2.52 bits per heavy atom. The highest BCUT2D eigenvalue weighted by molar-refractivity contribution is 7.90. The molecule has 3 aromatic rings. The summed E-state index contributed by atoms with van der Waals surface area (Å²) >= 11 is 0. The largest absolute Gasteiger partial charge is 0.401 e. The van der Waals surface area contributed by atoms with Gasteiger partial charge < -0.3 is 4.42 Å². The van der Waals surface area contributed by atoms with Gasteiger partial charge in [0.25, 0.3) is 5.89 Å². The molecule has 0 aliphatic carbocycles. The van der Waals surface area contributed by atoms with E-state index in [9.17, 15) is 13.2 Å². The zero-order valence-electron chi connectivity index (χ0n) is 13.2. The Hall–Kier alpha value is -3.07. The predicted octanol–water partition coefficient (Wildman–Crippen LogP) is 1.72. The number of carbonyl (C=O) groups excluding carboxylic acids is 1. The lowest BCUT2D eigenvalue weighted by Gasteiger charge is -2.03. The summed E-state index contributed by atoms with van der Waals surface area (Å²) in [5.41, 5.74) is 1.17. The van der Waals surface area contributed by atoms with Gasteiger partial charge in [-0.25, -0.2) is 8.42 Å². The van der Waals surface area contributed by atoms with E-state index in [1.54, 1.807) is 36.5 Å². The fourth-order valence-corrected chi connectivity index (χ4v) is 2.70. The topological polar surface area (TPSA) is 115 Å². The number of benzene rings is 1. The lowest BCUT2D eigenvalue weighted by atomic mass is 10.1. The van der Waals surface area contributed by atoms with Crippen LogP contribution in [0.4, 0.5) is 6.01 Å². The van der Waals surface area contributed by atoms with Gasteiger partial charge in [-0.2, -0.15) is 0 Å². The van der Waals surface area contributed by atoms with Crippen molar-refractivity contribution in [1.29, 1.82) is 0 Å². The van der Waals surface area contributed by atoms with Gasteiger partial charge in [0.1, 0.15) is 5.69 Å². The molecule has 0 unspecified atom stereocenters. The third-order valence-electron chi connectivity index (χ3n) is 3.27. The number of rotatable bonds is 5. The molecule has 0 atom stereocenters. The molecule has 1 aromatic carbocycles. The highest BCUT2D eigenvalue weighted by atomic mass is 32.2. The first-order valence-corrected chi connectivity index (χ1v) is 9.15. The van der Waals surface area contributed by atoms with Crippen molar-refractivity contribution in [1.82, 2.24) is 15.2 Å². The van der Waals surface area contributed by atoms with E-state index < -0.39 is 9.84 Å². The third-order valence-corrected chi connectivity index (χ3v) is 4.40. The summed E-state index contributed by atoms with van der Waals surface area (Å²) in [6, 6.07) is 11.3. The van der Waals surface area contributed by atoms with Gasteiger partial charge in [0.05, 0.1) is 11.3 Å². The standard InChI is InChI=1S/C16H14N4O4S/c1-25(22,23)12-7-5-11(6-8-12)10-14(21)18-16-20-19-15(24-16)13-4-2-3-9-17-13/h2-9H,10H2,1H3,(H,18,20,21). The highest BCUT2D eigenvalue weighted by Gasteiger charge is 2.13. The van der Waals surface area contributed by atoms with E-state index in [1.807, 2.05) is 0 Å². The van der Waals surface area contributed by atoms with E-state index in [2.05, 4.69) is 20.5 Å². The number of nitrogens with one attached hydrogen (secondary N) is 1. The van der Waals surface area contributed by atoms with Crippen LogP contribution in [0.15, 0.2) is 58.0 Å². The Morgan fingerprint density at radius 1 is 1.12 bits per heavy atom. The SMILES string of the molecule is CS(=O)(=O)c1ccc(CC(=O)Nc2nnc(-c3ccccn3)o2)cc1. The second-order valence-electron chi connectivity index (χ2n) is 5.27. The van der Waals surface area contributed by atoms with Crippen LogP contribution < -0.4 is 5.32 Å². The molecule has 0 aliphatic heterocycles. The molecular weight excluding hydrogens is 344 g/mol. The van der Waals surface area contributed by atoms with Crippen LogP contribution in [-0.4, -0.2) is 35.8 Å². The molecule has 128 valence electrons. The maximum absolute atomic E-state index is 12.0. The molecule has 0 fully saturated rings. The minimum Gasteiger partial charge on any atom is -0.401 e. The first-order valence-electron chi connectivity index (χ1n) is 7.25. The fraction of sp³-hybridized carbons (Fsp3) is 0.125. The number of hydrogen-bond acceptors (Lipinski definition) is 7. The van der Waals surface area contributed by atoms with Crippen molar-refractivity contribution in [2.75, 3.05) is 11.6 Å². The quantitative estimate of drug-likeness (QED) is 0.738. The van der Waals surface area contributed by atoms with Crippen molar-refractivity contribution in [2.45, 2.75) is 11.3 Å². The number of aromatic nitrogens is 3. The minimum absolute atomic E-state index is 0.0293. The summed E-state index contributed by atoms with van der Waals surface area (Å²) in [4.78, 5) is 16.3. The number of pyridine rings is 1. The maximum atomic E-state index is 12.0. The Balaban J connectivity index is 1.64. The number of carbonyl (C=O) groups is 1. The van der Waals surface area contributed by atoms with E-state index in [0.29, 0.717) is 11.3 Å². The molecule has 1 N–H and O–H groups in total. The molecule has 0 aliphatic rings. The molecule has 1 amide bonds. The van der Waals surface area contributed by atoms with Gasteiger partial charge in [0.2, 0.25) is 5.91 Å². The van der Waals surface area contributed by atoms with Gasteiger partial charge >= 0.3 is 6.01 Å². The smallest absolute Gasteiger partial charge is 0.322 e. The maximum Gasteiger partial charge on any atom is 0.322 e. The molecule has 0 bridgehead atoms. The second-order valence-corrected chi connectivity index (χ2v) is 7.28. The van der Waals surface area contributed by atoms with Crippen LogP contribution >= 0.6 is 0 Å². The summed E-state index contributed by atoms with van der Waals surface area (Å²) in [7, 11) is -3.26. The van der Waals surface area contributed by atoms with Crippen molar-refractivity contribution in [3.63, 3.8) is 0 Å². The van der Waals surface area contributed by atoms with Gasteiger partial charge in [-0.05, 0) is 29.8 Å². The Bertz CT molecular complexity index is 982. The third kappa shape index (κ3) is 4.27. The monoisotopic (exact) mass is 358 g/mol. The molecule has 25 heavy (non-hydrogen) atoms. The van der Waals surface area contributed by atoms with Gasteiger partial charge in [-0.3, -0.25) is 15.1 Å². The summed E-state index contributed by atoms with van der Waals surface area (Å²) in [5.74, 6) is -0.156. The van der Waals surface area contributed by atoms with Crippen molar-refractivity contribution in [3.8, 4) is 11.6 Å². The van der Waals surface area contributed by atoms with Gasteiger partial charge in [0, 0.05) is 12.5 Å². The zero-order chi connectivity index (χ0) is 17.9. The second kappa shape index (κ2) is 6.81. The normalized spacial score (nSPS) is 11.2. The Labute approximate surface area is 143 Å². The summed E-state index contributed by atoms with van der Waals surface area (Å²) in [5, 5.41) is 10.1. The summed E-state index contributed by atoms with van der Waals surface area (Å²) in [6.07, 6.45) is 2.77. The molecule has 0 radical (unpaired) electrons. The van der Waals surface area contributed by atoms with Crippen LogP contribution in [0.2, 0.25) is 0 Å². The van der Waals surface area contributed by atoms with Crippen LogP contribution in [0.5, 0.6) is 0 Å². The number of hydrogen-bond donors (Lipinski definition) is 1. The van der Waals surface area contributed by atoms with Crippen molar-refractivity contribution in [2.24, 2.45) is 0 Å². The molecule has 9 heteroatoms. The first kappa shape index (κ1) is 16.8. The molecule has 0 saturated carbocycles. The average Bonchev–Trinajstić information content (AvgIpc) is 3.03. The predicted molar refractivity (Wildman–Crippen MR) is 89.4 cm³/mol. The molecular formula is C16H14N4O4S. The lowest BCUT2D eigenvalue weighted by Crippen LogP contribution is -2.14. The number of amides is 1. The van der Waals surface area contributed by atoms with Crippen molar-refractivity contribution >= 4 is 21.8 Å². The fourth-order valence-electron chi connectivity index (χ4n) is 2.07. The number of sulfone groups is 1. The number of nitrogens with zero attached hydrogens (tertiary/aromatic N) is 3. The molecule has 8 nitrogen and oxygen atoms in total. The Morgan fingerprint density at radius 2 is 1.88 bits per heavy atom. The molecule has 0 saturated heterocycles. The van der Waals surface area contributed by atoms with E-state index in [1.165, 1.54) is 12.1 Å². The van der Waals surface area contributed by atoms with E-state index in [0.717, 1.165) is 6.26 Å². The van der Waals surface area contributed by atoms with Gasteiger partial charge in [0.15, 0.2) is 9.84 Å². The van der Waals surface area contributed by atoms with Gasteiger partial charge in [-0.1, -0.05) is 23.3 Å².